The maximum atomic E-state index is 11.4. The summed E-state index contributed by atoms with van der Waals surface area (Å²) in [6, 6.07) is 3.91. The largest absolute Gasteiger partial charge is 0.496 e. The number of carboxylic acids is 1. The number of hydrogen-bond acceptors (Lipinski definition) is 3. The second-order valence-corrected chi connectivity index (χ2v) is 7.20. The van der Waals surface area contributed by atoms with Gasteiger partial charge in [0, 0.05) is 6.54 Å². The van der Waals surface area contributed by atoms with E-state index in [9.17, 15) is 9.90 Å². The smallest absolute Gasteiger partial charge is 0.320 e. The highest BCUT2D eigenvalue weighted by Crippen LogP contribution is 2.34. The molecule has 0 bridgehead atoms. The van der Waals surface area contributed by atoms with Crippen molar-refractivity contribution in [3.05, 3.63) is 28.8 Å². The Bertz CT molecular complexity index is 560. The lowest BCUT2D eigenvalue weighted by molar-refractivity contribution is -0.142. The first kappa shape index (κ1) is 16.8. The second kappa shape index (κ2) is 6.29. The highest BCUT2D eigenvalue weighted by Gasteiger charge is 2.31. The summed E-state index contributed by atoms with van der Waals surface area (Å²) in [5.41, 5.74) is 3.51. The number of ether oxygens (including phenoxy) is 1. The average molecular weight is 305 g/mol. The molecule has 0 radical (unpaired) electrons. The van der Waals surface area contributed by atoms with E-state index in [1.54, 1.807) is 7.11 Å². The van der Waals surface area contributed by atoms with Gasteiger partial charge < -0.3 is 9.84 Å². The third-order valence-corrected chi connectivity index (χ3v) is 4.49. The van der Waals surface area contributed by atoms with E-state index in [0.29, 0.717) is 6.54 Å². The zero-order valence-corrected chi connectivity index (χ0v) is 14.3. The molecule has 0 amide bonds. The Morgan fingerprint density at radius 1 is 1.41 bits per heavy atom. The van der Waals surface area contributed by atoms with E-state index in [4.69, 9.17) is 4.74 Å². The molecule has 1 aromatic carbocycles. The van der Waals surface area contributed by atoms with Crippen LogP contribution in [0, 0.1) is 6.92 Å². The Hall–Kier alpha value is -1.55. The summed E-state index contributed by atoms with van der Waals surface area (Å²) in [7, 11) is 1.70. The van der Waals surface area contributed by atoms with E-state index in [1.165, 1.54) is 11.1 Å². The number of aliphatic carboxylic acids is 1. The lowest BCUT2D eigenvalue weighted by Gasteiger charge is -2.26. The van der Waals surface area contributed by atoms with Crippen LogP contribution in [-0.4, -0.2) is 35.7 Å². The van der Waals surface area contributed by atoms with Crippen LogP contribution in [0.15, 0.2) is 12.1 Å². The zero-order chi connectivity index (χ0) is 16.5. The van der Waals surface area contributed by atoms with Gasteiger partial charge in [0.15, 0.2) is 0 Å². The molecule has 0 spiro atoms. The van der Waals surface area contributed by atoms with Gasteiger partial charge in [0.2, 0.25) is 0 Å². The molecule has 1 heterocycles. The molecular weight excluding hydrogens is 278 g/mol. The lowest BCUT2D eigenvalue weighted by Crippen LogP contribution is -2.35. The molecule has 0 saturated carbocycles. The Labute approximate surface area is 133 Å². The highest BCUT2D eigenvalue weighted by molar-refractivity contribution is 5.73. The summed E-state index contributed by atoms with van der Waals surface area (Å²) < 4.78 is 5.53. The van der Waals surface area contributed by atoms with Crippen LogP contribution >= 0.6 is 0 Å². The molecule has 1 saturated heterocycles. The van der Waals surface area contributed by atoms with E-state index in [-0.39, 0.29) is 11.5 Å². The second-order valence-electron chi connectivity index (χ2n) is 7.20. The first-order valence-corrected chi connectivity index (χ1v) is 7.89. The van der Waals surface area contributed by atoms with Gasteiger partial charge in [-0.15, -0.1) is 0 Å². The number of methoxy groups -OCH3 is 1. The number of carbonyl (C=O) groups is 1. The molecule has 0 aromatic heterocycles. The van der Waals surface area contributed by atoms with Crippen molar-refractivity contribution in [2.24, 2.45) is 0 Å². The Morgan fingerprint density at radius 3 is 2.64 bits per heavy atom. The summed E-state index contributed by atoms with van der Waals surface area (Å²) in [6.07, 6.45) is 1.70. The molecule has 2 rings (SSSR count). The van der Waals surface area contributed by atoms with Crippen molar-refractivity contribution in [1.82, 2.24) is 4.90 Å². The quantitative estimate of drug-likeness (QED) is 0.927. The van der Waals surface area contributed by atoms with Gasteiger partial charge in [0.25, 0.3) is 0 Å². The minimum Gasteiger partial charge on any atom is -0.496 e. The van der Waals surface area contributed by atoms with Crippen LogP contribution in [0.4, 0.5) is 0 Å². The fourth-order valence-electron chi connectivity index (χ4n) is 3.17. The number of benzene rings is 1. The van der Waals surface area contributed by atoms with Crippen molar-refractivity contribution in [3.63, 3.8) is 0 Å². The zero-order valence-electron chi connectivity index (χ0n) is 14.3. The van der Waals surface area contributed by atoms with Gasteiger partial charge in [-0.2, -0.15) is 0 Å². The van der Waals surface area contributed by atoms with E-state index in [2.05, 4.69) is 44.7 Å². The van der Waals surface area contributed by atoms with Crippen molar-refractivity contribution in [3.8, 4) is 5.75 Å². The van der Waals surface area contributed by atoms with Crippen molar-refractivity contribution in [2.75, 3.05) is 13.7 Å². The van der Waals surface area contributed by atoms with E-state index < -0.39 is 5.97 Å². The molecule has 122 valence electrons. The van der Waals surface area contributed by atoms with E-state index in [0.717, 1.165) is 30.7 Å². The molecule has 1 unspecified atom stereocenters. The highest BCUT2D eigenvalue weighted by atomic mass is 16.5. The fraction of sp³-hybridized carbons (Fsp3) is 0.611. The van der Waals surface area contributed by atoms with Gasteiger partial charge in [-0.3, -0.25) is 9.69 Å². The van der Waals surface area contributed by atoms with Gasteiger partial charge in [-0.1, -0.05) is 26.8 Å². The van der Waals surface area contributed by atoms with Gasteiger partial charge in [0.05, 0.1) is 7.11 Å². The van der Waals surface area contributed by atoms with Crippen LogP contribution in [0.3, 0.4) is 0 Å². The van der Waals surface area contributed by atoms with Crippen molar-refractivity contribution >= 4 is 5.97 Å². The van der Waals surface area contributed by atoms with Crippen LogP contribution in [0.25, 0.3) is 0 Å². The molecule has 1 fully saturated rings. The number of hydrogen-bond donors (Lipinski definition) is 1. The first-order chi connectivity index (χ1) is 10.2. The molecule has 1 aromatic rings. The van der Waals surface area contributed by atoms with Crippen molar-refractivity contribution in [1.29, 1.82) is 0 Å². The molecule has 1 atom stereocenters. The molecule has 22 heavy (non-hydrogen) atoms. The van der Waals surface area contributed by atoms with E-state index in [1.807, 2.05) is 0 Å². The number of likely N-dealkylation sites (tertiary alicyclic amines) is 1. The van der Waals surface area contributed by atoms with Gasteiger partial charge in [-0.05, 0) is 54.5 Å². The maximum Gasteiger partial charge on any atom is 0.320 e. The lowest BCUT2D eigenvalue weighted by atomic mass is 9.84. The molecule has 1 aliphatic rings. The molecular formula is C18H27NO3. The molecule has 4 heteroatoms. The average Bonchev–Trinajstić information content (AvgIpc) is 2.87. The van der Waals surface area contributed by atoms with Crippen LogP contribution in [-0.2, 0) is 16.8 Å². The first-order valence-electron chi connectivity index (χ1n) is 7.89. The standard InChI is InChI=1S/C18H27NO3/c1-12-9-16(22-5)14(18(2,3)4)10-13(12)11-19-8-6-7-15(19)17(20)21/h9-10,15H,6-8,11H2,1-5H3,(H,20,21). The number of aryl methyl sites for hydroxylation is 1. The maximum absolute atomic E-state index is 11.4. The van der Waals surface area contributed by atoms with Crippen LogP contribution in [0.1, 0.15) is 50.3 Å². The van der Waals surface area contributed by atoms with E-state index >= 15 is 0 Å². The minimum absolute atomic E-state index is 0.00893. The third kappa shape index (κ3) is 3.43. The van der Waals surface area contributed by atoms with Crippen LogP contribution in [0.5, 0.6) is 5.75 Å². The Morgan fingerprint density at radius 2 is 2.09 bits per heavy atom. The predicted octanol–water partition coefficient (Wildman–Crippen LogP) is 3.35. The predicted molar refractivity (Wildman–Crippen MR) is 87.5 cm³/mol. The fourth-order valence-corrected chi connectivity index (χ4v) is 3.17. The summed E-state index contributed by atoms with van der Waals surface area (Å²) in [5, 5.41) is 9.34. The van der Waals surface area contributed by atoms with Gasteiger partial charge in [0.1, 0.15) is 11.8 Å². The topological polar surface area (TPSA) is 49.8 Å². The molecule has 1 aliphatic heterocycles. The molecule has 4 nitrogen and oxygen atoms in total. The molecule has 1 N–H and O–H groups in total. The van der Waals surface area contributed by atoms with Crippen molar-refractivity contribution in [2.45, 2.75) is 58.5 Å². The van der Waals surface area contributed by atoms with Gasteiger partial charge in [-0.25, -0.2) is 0 Å². The van der Waals surface area contributed by atoms with Gasteiger partial charge >= 0.3 is 5.97 Å². The summed E-state index contributed by atoms with van der Waals surface area (Å²) in [4.78, 5) is 13.4. The summed E-state index contributed by atoms with van der Waals surface area (Å²) >= 11 is 0. The monoisotopic (exact) mass is 305 g/mol. The summed E-state index contributed by atoms with van der Waals surface area (Å²) in [5.74, 6) is 0.199. The Kier molecular flexibility index (Phi) is 4.81. The van der Waals surface area contributed by atoms with Crippen LogP contribution < -0.4 is 4.74 Å². The summed E-state index contributed by atoms with van der Waals surface area (Å²) in [6.45, 7) is 10.1. The Balaban J connectivity index is 2.33. The normalized spacial score (nSPS) is 19.4. The minimum atomic E-state index is -0.709. The number of rotatable bonds is 4. The third-order valence-electron chi connectivity index (χ3n) is 4.49. The SMILES string of the molecule is COc1cc(C)c(CN2CCCC2C(=O)O)cc1C(C)(C)C. The number of nitrogens with zero attached hydrogens (tertiary/aromatic N) is 1. The number of carboxylic acid groups (broad SMARTS) is 1. The van der Waals surface area contributed by atoms with Crippen molar-refractivity contribution < 1.29 is 14.6 Å². The molecule has 0 aliphatic carbocycles. The van der Waals surface area contributed by atoms with Crippen LogP contribution in [0.2, 0.25) is 0 Å².